The molecule has 0 bridgehead atoms. The molecule has 0 aliphatic carbocycles. The molecule has 2 rings (SSSR count). The van der Waals surface area contributed by atoms with Gasteiger partial charge in [0.15, 0.2) is 0 Å². The molecule has 0 N–H and O–H groups in total. The van der Waals surface area contributed by atoms with E-state index in [4.69, 9.17) is 11.6 Å². The maximum Gasteiger partial charge on any atom is 0.211 e. The number of hydrogen-bond acceptors (Lipinski definition) is 5. The van der Waals surface area contributed by atoms with Crippen LogP contribution < -0.4 is 4.90 Å². The molecular weight excluding hydrogens is 312 g/mol. The highest BCUT2D eigenvalue weighted by molar-refractivity contribution is 7.88. The molecule has 0 amide bonds. The van der Waals surface area contributed by atoms with Crippen LogP contribution >= 0.6 is 11.6 Å². The Hall–Kier alpha value is -0.920. The van der Waals surface area contributed by atoms with Crippen LogP contribution in [0.2, 0.25) is 0 Å². The van der Waals surface area contributed by atoms with Crippen molar-refractivity contribution in [3.63, 3.8) is 0 Å². The standard InChI is InChI=1S/C13H21ClN4O2S/c1-10(2)13-15-9-12(11(8-14)16-13)17-4-6-18(7-5-17)21(3,19)20/h9-10H,4-8H2,1-3H3. The summed E-state index contributed by atoms with van der Waals surface area (Å²) in [6.45, 7) is 6.29. The lowest BCUT2D eigenvalue weighted by Gasteiger charge is -2.35. The largest absolute Gasteiger partial charge is 0.366 e. The smallest absolute Gasteiger partial charge is 0.211 e. The number of rotatable bonds is 4. The molecule has 0 atom stereocenters. The molecule has 1 fully saturated rings. The van der Waals surface area contributed by atoms with Crippen LogP contribution in [0, 0.1) is 0 Å². The molecule has 1 aromatic heterocycles. The van der Waals surface area contributed by atoms with Crippen LogP contribution in [0.15, 0.2) is 6.20 Å². The first kappa shape index (κ1) is 16.5. The van der Waals surface area contributed by atoms with Gasteiger partial charge in [-0.15, -0.1) is 11.6 Å². The Kier molecular flexibility index (Phi) is 5.06. The summed E-state index contributed by atoms with van der Waals surface area (Å²) in [5.41, 5.74) is 1.71. The van der Waals surface area contributed by atoms with Crippen LogP contribution in [0.4, 0.5) is 5.69 Å². The van der Waals surface area contributed by atoms with Crippen LogP contribution in [0.25, 0.3) is 0 Å². The summed E-state index contributed by atoms with van der Waals surface area (Å²) in [6, 6.07) is 0. The minimum absolute atomic E-state index is 0.253. The molecule has 21 heavy (non-hydrogen) atoms. The predicted octanol–water partition coefficient (Wildman–Crippen LogP) is 1.42. The molecule has 6 nitrogen and oxygen atoms in total. The Morgan fingerprint density at radius 1 is 1.29 bits per heavy atom. The van der Waals surface area contributed by atoms with Crippen molar-refractivity contribution < 1.29 is 8.42 Å². The fraction of sp³-hybridized carbons (Fsp3) is 0.692. The van der Waals surface area contributed by atoms with E-state index in [9.17, 15) is 8.42 Å². The molecule has 0 saturated carbocycles. The van der Waals surface area contributed by atoms with Crippen molar-refractivity contribution >= 4 is 27.3 Å². The van der Waals surface area contributed by atoms with Gasteiger partial charge in [-0.2, -0.15) is 4.31 Å². The first-order valence-electron chi connectivity index (χ1n) is 6.94. The number of halogens is 1. The Bertz CT molecular complexity index is 598. The zero-order valence-corrected chi connectivity index (χ0v) is 14.2. The van der Waals surface area contributed by atoms with Gasteiger partial charge < -0.3 is 4.90 Å². The van der Waals surface area contributed by atoms with Gasteiger partial charge in [-0.25, -0.2) is 18.4 Å². The molecule has 1 aliphatic rings. The first-order chi connectivity index (χ1) is 9.82. The monoisotopic (exact) mass is 332 g/mol. The number of hydrogen-bond donors (Lipinski definition) is 0. The summed E-state index contributed by atoms with van der Waals surface area (Å²) < 4.78 is 24.6. The second kappa shape index (κ2) is 6.46. The van der Waals surface area contributed by atoms with E-state index in [0.717, 1.165) is 17.2 Å². The molecule has 8 heteroatoms. The predicted molar refractivity (Wildman–Crippen MR) is 84.3 cm³/mol. The van der Waals surface area contributed by atoms with E-state index in [2.05, 4.69) is 14.9 Å². The summed E-state index contributed by atoms with van der Waals surface area (Å²) >= 11 is 6.01. The Balaban J connectivity index is 2.17. The van der Waals surface area contributed by atoms with Gasteiger partial charge in [0.1, 0.15) is 5.82 Å². The molecule has 1 aliphatic heterocycles. The van der Waals surface area contributed by atoms with Crippen LogP contribution in [0.1, 0.15) is 31.3 Å². The third kappa shape index (κ3) is 3.84. The van der Waals surface area contributed by atoms with Gasteiger partial charge in [0.2, 0.25) is 10.0 Å². The maximum atomic E-state index is 11.5. The Labute approximate surface area is 131 Å². The van der Waals surface area contributed by atoms with Gasteiger partial charge in [0.05, 0.1) is 29.7 Å². The van der Waals surface area contributed by atoms with E-state index in [1.807, 2.05) is 13.8 Å². The molecule has 118 valence electrons. The maximum absolute atomic E-state index is 11.5. The molecule has 1 aromatic rings. The summed E-state index contributed by atoms with van der Waals surface area (Å²) in [5.74, 6) is 1.36. The van der Waals surface area contributed by atoms with Crippen molar-refractivity contribution in [2.24, 2.45) is 0 Å². The summed E-state index contributed by atoms with van der Waals surface area (Å²) in [5, 5.41) is 0. The van der Waals surface area contributed by atoms with Crippen molar-refractivity contribution in [1.29, 1.82) is 0 Å². The number of piperazine rings is 1. The van der Waals surface area contributed by atoms with E-state index < -0.39 is 10.0 Å². The van der Waals surface area contributed by atoms with Crippen molar-refractivity contribution in [2.45, 2.75) is 25.6 Å². The van der Waals surface area contributed by atoms with Crippen LogP contribution in [0.5, 0.6) is 0 Å². The van der Waals surface area contributed by atoms with Gasteiger partial charge in [0, 0.05) is 32.1 Å². The minimum Gasteiger partial charge on any atom is -0.366 e. The number of anilines is 1. The van der Waals surface area contributed by atoms with Crippen LogP contribution in [0.3, 0.4) is 0 Å². The Morgan fingerprint density at radius 3 is 2.38 bits per heavy atom. The zero-order valence-electron chi connectivity index (χ0n) is 12.6. The van der Waals surface area contributed by atoms with E-state index in [-0.39, 0.29) is 5.92 Å². The van der Waals surface area contributed by atoms with Crippen LogP contribution in [-0.4, -0.2) is 55.1 Å². The quantitative estimate of drug-likeness (QED) is 0.780. The fourth-order valence-corrected chi connectivity index (χ4v) is 3.35. The molecule has 0 radical (unpaired) electrons. The van der Waals surface area contributed by atoms with E-state index in [1.165, 1.54) is 10.6 Å². The molecule has 0 spiro atoms. The van der Waals surface area contributed by atoms with Crippen molar-refractivity contribution in [3.8, 4) is 0 Å². The second-order valence-electron chi connectivity index (χ2n) is 5.50. The summed E-state index contributed by atoms with van der Waals surface area (Å²) in [6.07, 6.45) is 3.05. The average molecular weight is 333 g/mol. The van der Waals surface area contributed by atoms with E-state index in [1.54, 1.807) is 6.20 Å². The van der Waals surface area contributed by atoms with Crippen molar-refractivity contribution in [3.05, 3.63) is 17.7 Å². The van der Waals surface area contributed by atoms with Crippen LogP contribution in [-0.2, 0) is 15.9 Å². The topological polar surface area (TPSA) is 66.4 Å². The second-order valence-corrected chi connectivity index (χ2v) is 7.75. The fourth-order valence-electron chi connectivity index (χ4n) is 2.33. The van der Waals surface area contributed by atoms with Crippen molar-refractivity contribution in [2.75, 3.05) is 37.3 Å². The number of alkyl halides is 1. The third-order valence-corrected chi connectivity index (χ3v) is 5.11. The number of sulfonamides is 1. The van der Waals surface area contributed by atoms with Gasteiger partial charge in [0.25, 0.3) is 0 Å². The Morgan fingerprint density at radius 2 is 1.90 bits per heavy atom. The third-order valence-electron chi connectivity index (χ3n) is 3.56. The molecule has 2 heterocycles. The molecule has 1 saturated heterocycles. The minimum atomic E-state index is -3.12. The molecular formula is C13H21ClN4O2S. The van der Waals surface area contributed by atoms with Crippen molar-refractivity contribution in [1.82, 2.24) is 14.3 Å². The average Bonchev–Trinajstić information content (AvgIpc) is 2.45. The lowest BCUT2D eigenvalue weighted by molar-refractivity contribution is 0.387. The molecule has 0 unspecified atom stereocenters. The molecule has 0 aromatic carbocycles. The summed E-state index contributed by atoms with van der Waals surface area (Å²) in [7, 11) is -3.12. The number of aromatic nitrogens is 2. The highest BCUT2D eigenvalue weighted by Crippen LogP contribution is 2.23. The van der Waals surface area contributed by atoms with E-state index in [0.29, 0.717) is 32.1 Å². The SMILES string of the molecule is CC(C)c1ncc(N2CCN(S(C)(=O)=O)CC2)c(CCl)n1. The first-order valence-corrected chi connectivity index (χ1v) is 9.33. The van der Waals surface area contributed by atoms with Gasteiger partial charge in [-0.05, 0) is 0 Å². The van der Waals surface area contributed by atoms with Gasteiger partial charge in [-0.1, -0.05) is 13.8 Å². The zero-order chi connectivity index (χ0) is 15.6. The van der Waals surface area contributed by atoms with E-state index >= 15 is 0 Å². The normalized spacial score (nSPS) is 17.5. The lowest BCUT2D eigenvalue weighted by Crippen LogP contribution is -2.48. The van der Waals surface area contributed by atoms with Gasteiger partial charge in [-0.3, -0.25) is 0 Å². The number of nitrogens with zero attached hydrogens (tertiary/aromatic N) is 4. The highest BCUT2D eigenvalue weighted by Gasteiger charge is 2.25. The van der Waals surface area contributed by atoms with Gasteiger partial charge >= 0.3 is 0 Å². The highest BCUT2D eigenvalue weighted by atomic mass is 35.5. The lowest BCUT2D eigenvalue weighted by atomic mass is 10.2. The summed E-state index contributed by atoms with van der Waals surface area (Å²) in [4.78, 5) is 11.0.